The molecule has 0 spiro atoms. The lowest BCUT2D eigenvalue weighted by Gasteiger charge is -2.28. The second kappa shape index (κ2) is 5.59. The molecule has 0 aliphatic heterocycles. The van der Waals surface area contributed by atoms with Gasteiger partial charge < -0.3 is 0 Å². The molecule has 0 N–H and O–H groups in total. The highest BCUT2D eigenvalue weighted by Gasteiger charge is 2.31. The van der Waals surface area contributed by atoms with Gasteiger partial charge in [-0.25, -0.2) is 4.98 Å². The molecular formula is C18H17NS. The van der Waals surface area contributed by atoms with E-state index >= 15 is 0 Å². The molecule has 20 heavy (non-hydrogen) atoms. The normalized spacial score (nSPS) is 13.8. The van der Waals surface area contributed by atoms with Crippen molar-refractivity contribution in [2.45, 2.75) is 18.8 Å². The van der Waals surface area contributed by atoms with E-state index in [1.165, 1.54) is 16.1 Å². The van der Waals surface area contributed by atoms with E-state index in [0.29, 0.717) is 0 Å². The maximum absolute atomic E-state index is 4.58. The first-order valence-electron chi connectivity index (χ1n) is 6.78. The number of benzene rings is 2. The van der Waals surface area contributed by atoms with E-state index in [-0.39, 0.29) is 5.41 Å². The molecule has 0 bridgehead atoms. The van der Waals surface area contributed by atoms with Gasteiger partial charge in [0.1, 0.15) is 5.01 Å². The van der Waals surface area contributed by atoms with Crippen LogP contribution in [0.5, 0.6) is 0 Å². The third-order valence-electron chi connectivity index (χ3n) is 3.72. The molecule has 2 aromatic carbocycles. The van der Waals surface area contributed by atoms with Crippen LogP contribution in [-0.2, 0) is 11.8 Å². The molecule has 0 radical (unpaired) electrons. The van der Waals surface area contributed by atoms with Gasteiger partial charge in [-0.2, -0.15) is 0 Å². The summed E-state index contributed by atoms with van der Waals surface area (Å²) < 4.78 is 0. The van der Waals surface area contributed by atoms with Gasteiger partial charge in [-0.15, -0.1) is 11.3 Å². The summed E-state index contributed by atoms with van der Waals surface area (Å²) in [5.41, 5.74) is 2.59. The van der Waals surface area contributed by atoms with Crippen LogP contribution in [0.1, 0.15) is 23.1 Å². The fourth-order valence-electron chi connectivity index (χ4n) is 2.61. The molecule has 2 heteroatoms. The molecule has 0 saturated heterocycles. The van der Waals surface area contributed by atoms with Crippen molar-refractivity contribution in [3.63, 3.8) is 0 Å². The molecule has 3 aromatic rings. The number of thiazole rings is 1. The van der Waals surface area contributed by atoms with Gasteiger partial charge in [-0.3, -0.25) is 0 Å². The molecule has 1 heterocycles. The molecule has 1 atom stereocenters. The van der Waals surface area contributed by atoms with Gasteiger partial charge >= 0.3 is 0 Å². The quantitative estimate of drug-likeness (QED) is 0.675. The highest BCUT2D eigenvalue weighted by Crippen LogP contribution is 2.36. The molecule has 3 rings (SSSR count). The SMILES string of the molecule is CC(Cc1ccccc1)(c1ccccc1)c1nccs1. The van der Waals surface area contributed by atoms with Gasteiger partial charge in [0, 0.05) is 17.0 Å². The Hall–Kier alpha value is -1.93. The van der Waals surface area contributed by atoms with Crippen molar-refractivity contribution in [2.24, 2.45) is 0 Å². The van der Waals surface area contributed by atoms with E-state index in [9.17, 15) is 0 Å². The molecule has 0 fully saturated rings. The minimum atomic E-state index is -0.0726. The standard InChI is InChI=1S/C18H17NS/c1-18(17-19-12-13-20-17,16-10-6-3-7-11-16)14-15-8-4-2-5-9-15/h2-13H,14H2,1H3. The Morgan fingerprint density at radius 3 is 2.20 bits per heavy atom. The second-order valence-electron chi connectivity index (χ2n) is 5.20. The molecule has 0 amide bonds. The van der Waals surface area contributed by atoms with E-state index in [0.717, 1.165) is 6.42 Å². The largest absolute Gasteiger partial charge is 0.249 e. The van der Waals surface area contributed by atoms with Gasteiger partial charge in [0.2, 0.25) is 0 Å². The Labute approximate surface area is 124 Å². The molecule has 0 aliphatic rings. The number of rotatable bonds is 4. The number of aromatic nitrogens is 1. The first-order chi connectivity index (χ1) is 9.79. The van der Waals surface area contributed by atoms with Crippen LogP contribution >= 0.6 is 11.3 Å². The lowest BCUT2D eigenvalue weighted by molar-refractivity contribution is 0.563. The van der Waals surface area contributed by atoms with E-state index < -0.39 is 0 Å². The Balaban J connectivity index is 2.05. The second-order valence-corrected chi connectivity index (χ2v) is 6.09. The van der Waals surface area contributed by atoms with Crippen LogP contribution in [0, 0.1) is 0 Å². The smallest absolute Gasteiger partial charge is 0.103 e. The zero-order chi connectivity index (χ0) is 13.8. The van der Waals surface area contributed by atoms with Crippen LogP contribution in [0.15, 0.2) is 72.2 Å². The Kier molecular flexibility index (Phi) is 3.66. The monoisotopic (exact) mass is 279 g/mol. The summed E-state index contributed by atoms with van der Waals surface area (Å²) in [5.74, 6) is 0. The molecular weight excluding hydrogens is 262 g/mol. The van der Waals surface area contributed by atoms with Crippen molar-refractivity contribution in [3.8, 4) is 0 Å². The fourth-order valence-corrected chi connectivity index (χ4v) is 3.43. The average Bonchev–Trinajstić information content (AvgIpc) is 3.04. The lowest BCUT2D eigenvalue weighted by Crippen LogP contribution is -2.26. The van der Waals surface area contributed by atoms with E-state index in [4.69, 9.17) is 0 Å². The highest BCUT2D eigenvalue weighted by molar-refractivity contribution is 7.09. The first-order valence-corrected chi connectivity index (χ1v) is 7.66. The van der Waals surface area contributed by atoms with Crippen LogP contribution in [0.3, 0.4) is 0 Å². The van der Waals surface area contributed by atoms with E-state index in [1.807, 2.05) is 6.20 Å². The van der Waals surface area contributed by atoms with Crippen LogP contribution in [0.2, 0.25) is 0 Å². The predicted octanol–water partition coefficient (Wildman–Crippen LogP) is 4.69. The van der Waals surface area contributed by atoms with Crippen LogP contribution in [0.25, 0.3) is 0 Å². The maximum Gasteiger partial charge on any atom is 0.103 e. The number of hydrogen-bond donors (Lipinski definition) is 0. The van der Waals surface area contributed by atoms with Crippen molar-refractivity contribution in [3.05, 3.63) is 88.4 Å². The Morgan fingerprint density at radius 1 is 0.950 bits per heavy atom. The minimum absolute atomic E-state index is 0.0726. The Bertz CT molecular complexity index is 646. The van der Waals surface area contributed by atoms with Gasteiger partial charge in [-0.1, -0.05) is 60.7 Å². The molecule has 0 saturated carbocycles. The van der Waals surface area contributed by atoms with E-state index in [2.05, 4.69) is 78.0 Å². The number of hydrogen-bond acceptors (Lipinski definition) is 2. The minimum Gasteiger partial charge on any atom is -0.249 e. The van der Waals surface area contributed by atoms with Crippen LogP contribution in [0.4, 0.5) is 0 Å². The fraction of sp³-hybridized carbons (Fsp3) is 0.167. The van der Waals surface area contributed by atoms with Crippen LogP contribution < -0.4 is 0 Å². The predicted molar refractivity (Wildman–Crippen MR) is 85.2 cm³/mol. The highest BCUT2D eigenvalue weighted by atomic mass is 32.1. The zero-order valence-corrected chi connectivity index (χ0v) is 12.3. The topological polar surface area (TPSA) is 12.9 Å². The number of nitrogens with zero attached hydrogens (tertiary/aromatic N) is 1. The molecule has 1 unspecified atom stereocenters. The molecule has 1 nitrogen and oxygen atoms in total. The summed E-state index contributed by atoms with van der Waals surface area (Å²) >= 11 is 1.73. The maximum atomic E-state index is 4.58. The molecule has 100 valence electrons. The van der Waals surface area contributed by atoms with Crippen molar-refractivity contribution < 1.29 is 0 Å². The molecule has 0 aliphatic carbocycles. The third-order valence-corrected chi connectivity index (χ3v) is 4.75. The van der Waals surface area contributed by atoms with Crippen LogP contribution in [-0.4, -0.2) is 4.98 Å². The lowest BCUT2D eigenvalue weighted by atomic mass is 9.78. The third kappa shape index (κ3) is 2.52. The van der Waals surface area contributed by atoms with Gasteiger partial charge in [0.05, 0.1) is 0 Å². The summed E-state index contributed by atoms with van der Waals surface area (Å²) in [6, 6.07) is 21.3. The van der Waals surface area contributed by atoms with Crippen molar-refractivity contribution >= 4 is 11.3 Å². The van der Waals surface area contributed by atoms with Crippen molar-refractivity contribution in [2.75, 3.05) is 0 Å². The summed E-state index contributed by atoms with van der Waals surface area (Å²) in [6.45, 7) is 2.29. The zero-order valence-electron chi connectivity index (χ0n) is 11.5. The summed E-state index contributed by atoms with van der Waals surface area (Å²) in [4.78, 5) is 4.58. The van der Waals surface area contributed by atoms with Crippen molar-refractivity contribution in [1.29, 1.82) is 0 Å². The summed E-state index contributed by atoms with van der Waals surface area (Å²) in [7, 11) is 0. The Morgan fingerprint density at radius 2 is 1.60 bits per heavy atom. The van der Waals surface area contributed by atoms with E-state index in [1.54, 1.807) is 11.3 Å². The van der Waals surface area contributed by atoms with Gasteiger partial charge in [0.15, 0.2) is 0 Å². The molecule has 1 aromatic heterocycles. The van der Waals surface area contributed by atoms with Crippen molar-refractivity contribution in [1.82, 2.24) is 4.98 Å². The summed E-state index contributed by atoms with van der Waals surface area (Å²) in [5, 5.41) is 3.23. The summed E-state index contributed by atoms with van der Waals surface area (Å²) in [6.07, 6.45) is 2.86. The van der Waals surface area contributed by atoms with Gasteiger partial charge in [0.25, 0.3) is 0 Å². The van der Waals surface area contributed by atoms with Gasteiger partial charge in [-0.05, 0) is 24.5 Å². The first kappa shape index (κ1) is 13.1. The average molecular weight is 279 g/mol.